The van der Waals surface area contributed by atoms with Gasteiger partial charge in [0.2, 0.25) is 0 Å². The van der Waals surface area contributed by atoms with Crippen molar-refractivity contribution in [2.75, 3.05) is 0 Å². The summed E-state index contributed by atoms with van der Waals surface area (Å²) < 4.78 is 19.2. The smallest absolute Gasteiger partial charge is 0.454 e. The highest BCUT2D eigenvalue weighted by Gasteiger charge is 2.43. The molecule has 2 rings (SSSR count). The first kappa shape index (κ1) is 17.7. The molecule has 0 aromatic carbocycles. The highest BCUT2D eigenvalue weighted by molar-refractivity contribution is 5.94. The summed E-state index contributed by atoms with van der Waals surface area (Å²) in [5.74, 6) is -2.35. The fourth-order valence-corrected chi connectivity index (χ4v) is 2.35. The normalized spacial score (nSPS) is 19.6. The lowest BCUT2D eigenvalue weighted by atomic mass is 9.89. The molecule has 1 saturated carbocycles. The minimum atomic E-state index is -0.887. The largest absolute Gasteiger partial charge is 0.519 e. The Morgan fingerprint density at radius 1 is 1.21 bits per heavy atom. The van der Waals surface area contributed by atoms with Gasteiger partial charge in [0, 0.05) is 24.0 Å². The number of ketones is 1. The van der Waals surface area contributed by atoms with Crippen molar-refractivity contribution in [2.24, 2.45) is 5.41 Å². The average molecular weight is 338 g/mol. The molecule has 0 bridgehead atoms. The summed E-state index contributed by atoms with van der Waals surface area (Å²) in [5.41, 5.74) is -0.419. The zero-order chi connectivity index (χ0) is 17.9. The highest BCUT2D eigenvalue weighted by atomic mass is 16.6. The first-order valence-corrected chi connectivity index (χ1v) is 7.36. The van der Waals surface area contributed by atoms with Gasteiger partial charge in [-0.3, -0.25) is 4.79 Å². The summed E-state index contributed by atoms with van der Waals surface area (Å²) >= 11 is 0. The first-order chi connectivity index (χ1) is 11.2. The van der Waals surface area contributed by atoms with Crippen molar-refractivity contribution in [1.29, 1.82) is 0 Å². The Bertz CT molecular complexity index is 734. The third-order valence-corrected chi connectivity index (χ3v) is 3.79. The van der Waals surface area contributed by atoms with Gasteiger partial charge in [-0.2, -0.15) is 0 Å². The van der Waals surface area contributed by atoms with Gasteiger partial charge in [-0.25, -0.2) is 14.4 Å². The number of aryl methyl sites for hydroxylation is 1. The number of carbonyl (C=O) groups is 3. The Morgan fingerprint density at radius 3 is 2.42 bits per heavy atom. The van der Waals surface area contributed by atoms with Crippen LogP contribution in [-0.4, -0.2) is 23.8 Å². The molecule has 8 heteroatoms. The van der Waals surface area contributed by atoms with Gasteiger partial charge in [-0.15, -0.1) is 0 Å². The molecule has 1 aromatic rings. The highest BCUT2D eigenvalue weighted by Crippen LogP contribution is 2.37. The van der Waals surface area contributed by atoms with E-state index >= 15 is 0 Å². The predicted octanol–water partition coefficient (Wildman–Crippen LogP) is 1.44. The standard InChI is InChI=1S/C16H18O8/c1-9-11(23-15(20)22-9)8-21-12(18)4-5-13(19)24-14-10(17)6-7-16(14,2)3/h4-5,14H,6-8H2,1-3H3/b5-4+. The molecule has 1 aromatic heterocycles. The Balaban J connectivity index is 1.85. The molecule has 1 heterocycles. The molecule has 0 aliphatic heterocycles. The second-order valence-electron chi connectivity index (χ2n) is 6.15. The number of hydrogen-bond acceptors (Lipinski definition) is 8. The van der Waals surface area contributed by atoms with Gasteiger partial charge >= 0.3 is 17.8 Å². The van der Waals surface area contributed by atoms with E-state index in [2.05, 4.69) is 8.83 Å². The Hall–Kier alpha value is -2.64. The van der Waals surface area contributed by atoms with Crippen LogP contribution >= 0.6 is 0 Å². The van der Waals surface area contributed by atoms with Crippen LogP contribution < -0.4 is 5.82 Å². The molecular formula is C16H18O8. The monoisotopic (exact) mass is 338 g/mol. The zero-order valence-corrected chi connectivity index (χ0v) is 13.6. The third-order valence-electron chi connectivity index (χ3n) is 3.79. The van der Waals surface area contributed by atoms with Gasteiger partial charge in [0.1, 0.15) is 0 Å². The second kappa shape index (κ2) is 6.86. The van der Waals surface area contributed by atoms with Crippen LogP contribution in [-0.2, 0) is 30.5 Å². The Morgan fingerprint density at radius 2 is 1.88 bits per heavy atom. The molecule has 0 spiro atoms. The van der Waals surface area contributed by atoms with Crippen molar-refractivity contribution in [3.8, 4) is 0 Å². The van der Waals surface area contributed by atoms with Gasteiger partial charge in [-0.1, -0.05) is 13.8 Å². The molecule has 1 fully saturated rings. The molecule has 0 radical (unpaired) electrons. The topological polar surface area (TPSA) is 113 Å². The van der Waals surface area contributed by atoms with Crippen LogP contribution in [0.5, 0.6) is 0 Å². The number of carbonyl (C=O) groups excluding carboxylic acids is 3. The average Bonchev–Trinajstić information content (AvgIpc) is 2.95. The minimum Gasteiger partial charge on any atom is -0.454 e. The fraction of sp³-hybridized carbons (Fsp3) is 0.500. The van der Waals surface area contributed by atoms with E-state index in [-0.39, 0.29) is 23.9 Å². The van der Waals surface area contributed by atoms with Gasteiger partial charge in [0.25, 0.3) is 0 Å². The van der Waals surface area contributed by atoms with E-state index in [1.165, 1.54) is 6.92 Å². The van der Waals surface area contributed by atoms with E-state index in [4.69, 9.17) is 9.47 Å². The van der Waals surface area contributed by atoms with Crippen LogP contribution in [0.4, 0.5) is 0 Å². The molecule has 1 aliphatic carbocycles. The maximum absolute atomic E-state index is 11.7. The number of rotatable bonds is 5. The van der Waals surface area contributed by atoms with Gasteiger partial charge < -0.3 is 18.3 Å². The lowest BCUT2D eigenvalue weighted by Gasteiger charge is -2.24. The SMILES string of the molecule is Cc1oc(=O)oc1COC(=O)/C=C/C(=O)OC1C(=O)CCC1(C)C. The zero-order valence-electron chi connectivity index (χ0n) is 13.6. The van der Waals surface area contributed by atoms with E-state index in [1.807, 2.05) is 13.8 Å². The van der Waals surface area contributed by atoms with Crippen molar-refractivity contribution < 1.29 is 32.7 Å². The van der Waals surface area contributed by atoms with Gasteiger partial charge in [-0.05, 0) is 13.3 Å². The van der Waals surface area contributed by atoms with Gasteiger partial charge in [0.15, 0.2) is 30.0 Å². The summed E-state index contributed by atoms with van der Waals surface area (Å²) in [5, 5.41) is 0. The summed E-state index contributed by atoms with van der Waals surface area (Å²) in [6.07, 6.45) is 1.97. The Kier molecular flexibility index (Phi) is 5.06. The third kappa shape index (κ3) is 4.21. The number of hydrogen-bond donors (Lipinski definition) is 0. The lowest BCUT2D eigenvalue weighted by molar-refractivity contribution is -0.153. The molecule has 1 unspecified atom stereocenters. The molecule has 0 saturated heterocycles. The molecule has 0 amide bonds. The summed E-state index contributed by atoms with van der Waals surface area (Å²) in [6, 6.07) is 0. The second-order valence-corrected chi connectivity index (χ2v) is 6.15. The number of Topliss-reactive ketones (excluding diaryl/α,β-unsaturated/α-hetero) is 1. The maximum Gasteiger partial charge on any atom is 0.519 e. The summed E-state index contributed by atoms with van der Waals surface area (Å²) in [7, 11) is 0. The molecule has 8 nitrogen and oxygen atoms in total. The van der Waals surface area contributed by atoms with E-state index in [1.54, 1.807) is 0 Å². The molecular weight excluding hydrogens is 320 g/mol. The van der Waals surface area contributed by atoms with Gasteiger partial charge in [0.05, 0.1) is 0 Å². The van der Waals surface area contributed by atoms with E-state index in [0.717, 1.165) is 12.2 Å². The maximum atomic E-state index is 11.7. The molecule has 1 aliphatic rings. The van der Waals surface area contributed by atoms with Crippen molar-refractivity contribution in [3.05, 3.63) is 34.3 Å². The summed E-state index contributed by atoms with van der Waals surface area (Å²) in [4.78, 5) is 45.8. The van der Waals surface area contributed by atoms with Crippen LogP contribution in [0.25, 0.3) is 0 Å². The number of esters is 2. The molecule has 130 valence electrons. The Labute approximate surface area is 137 Å². The summed E-state index contributed by atoms with van der Waals surface area (Å²) in [6.45, 7) is 4.87. The van der Waals surface area contributed by atoms with Crippen molar-refractivity contribution >= 4 is 17.7 Å². The van der Waals surface area contributed by atoms with Crippen LogP contribution in [0.15, 0.2) is 25.8 Å². The van der Waals surface area contributed by atoms with E-state index in [0.29, 0.717) is 12.8 Å². The van der Waals surface area contributed by atoms with Crippen molar-refractivity contribution in [2.45, 2.75) is 46.3 Å². The molecule has 0 N–H and O–H groups in total. The van der Waals surface area contributed by atoms with Crippen molar-refractivity contribution in [3.63, 3.8) is 0 Å². The van der Waals surface area contributed by atoms with Crippen LogP contribution in [0.1, 0.15) is 38.2 Å². The molecule has 24 heavy (non-hydrogen) atoms. The van der Waals surface area contributed by atoms with Crippen molar-refractivity contribution in [1.82, 2.24) is 0 Å². The predicted molar refractivity (Wildman–Crippen MR) is 78.8 cm³/mol. The van der Waals surface area contributed by atoms with E-state index in [9.17, 15) is 19.2 Å². The minimum absolute atomic E-state index is 0.0858. The fourth-order valence-electron chi connectivity index (χ4n) is 2.35. The number of ether oxygens (including phenoxy) is 2. The van der Waals surface area contributed by atoms with Crippen LogP contribution in [0, 0.1) is 12.3 Å². The quantitative estimate of drug-likeness (QED) is 0.585. The lowest BCUT2D eigenvalue weighted by Crippen LogP contribution is -2.33. The van der Waals surface area contributed by atoms with Crippen LogP contribution in [0.3, 0.4) is 0 Å². The first-order valence-electron chi connectivity index (χ1n) is 7.36. The van der Waals surface area contributed by atoms with Crippen LogP contribution in [0.2, 0.25) is 0 Å². The van der Waals surface area contributed by atoms with E-state index < -0.39 is 29.3 Å². The molecule has 1 atom stereocenters.